The molecule has 0 aliphatic rings. The number of benzene rings is 7. The average molecular weight is 705 g/mol. The number of para-hydroxylation sites is 2. The zero-order valence-corrected chi connectivity index (χ0v) is 31.7. The third-order valence-corrected chi connectivity index (χ3v) is 10.6. The van der Waals surface area contributed by atoms with Crippen molar-refractivity contribution in [3.63, 3.8) is 0 Å². The van der Waals surface area contributed by atoms with Crippen LogP contribution in [-0.2, 0) is 10.8 Å². The lowest BCUT2D eigenvalue weighted by molar-refractivity contribution is 0.590. The van der Waals surface area contributed by atoms with E-state index < -0.39 is 0 Å². The number of furan rings is 2. The lowest BCUT2D eigenvalue weighted by Crippen LogP contribution is -2.14. The Morgan fingerprint density at radius 1 is 0.352 bits per heavy atom. The summed E-state index contributed by atoms with van der Waals surface area (Å²) in [7, 11) is 0. The molecule has 0 unspecified atom stereocenters. The zero-order valence-electron chi connectivity index (χ0n) is 31.7. The number of hydrogen-bond acceptors (Lipinski definition) is 4. The van der Waals surface area contributed by atoms with E-state index in [-0.39, 0.29) is 10.8 Å². The molecule has 4 heteroatoms. The first kappa shape index (κ1) is 33.6. The molecule has 0 N–H and O–H groups in total. The summed E-state index contributed by atoms with van der Waals surface area (Å²) in [6.45, 7) is 13.5. The molecule has 266 valence electrons. The van der Waals surface area contributed by atoms with E-state index in [9.17, 15) is 0 Å². The van der Waals surface area contributed by atoms with Gasteiger partial charge in [0.25, 0.3) is 0 Å². The summed E-state index contributed by atoms with van der Waals surface area (Å²) in [6, 6.07) is 56.1. The summed E-state index contributed by atoms with van der Waals surface area (Å²) < 4.78 is 13.1. The molecule has 2 heterocycles. The van der Waals surface area contributed by atoms with Crippen LogP contribution in [0.25, 0.3) is 43.9 Å². The second kappa shape index (κ2) is 12.7. The second-order valence-electron chi connectivity index (χ2n) is 16.3. The highest BCUT2D eigenvalue weighted by atomic mass is 16.3. The third-order valence-electron chi connectivity index (χ3n) is 10.6. The van der Waals surface area contributed by atoms with E-state index in [1.165, 1.54) is 11.1 Å². The van der Waals surface area contributed by atoms with Gasteiger partial charge in [-0.3, -0.25) is 0 Å². The molecular formula is C50H44N2O2. The zero-order chi connectivity index (χ0) is 37.2. The first-order valence-corrected chi connectivity index (χ1v) is 18.8. The van der Waals surface area contributed by atoms with Gasteiger partial charge in [-0.2, -0.15) is 0 Å². The Morgan fingerprint density at radius 3 is 1.43 bits per heavy atom. The van der Waals surface area contributed by atoms with Crippen molar-refractivity contribution in [3.05, 3.63) is 169 Å². The molecule has 0 bridgehead atoms. The molecule has 54 heavy (non-hydrogen) atoms. The van der Waals surface area contributed by atoms with E-state index in [0.29, 0.717) is 0 Å². The molecule has 9 aromatic rings. The van der Waals surface area contributed by atoms with Crippen LogP contribution in [-0.4, -0.2) is 0 Å². The van der Waals surface area contributed by atoms with Gasteiger partial charge in [-0.05, 0) is 101 Å². The summed E-state index contributed by atoms with van der Waals surface area (Å²) in [4.78, 5) is 4.63. The fourth-order valence-electron chi connectivity index (χ4n) is 7.65. The highest BCUT2D eigenvalue weighted by Gasteiger charge is 2.23. The summed E-state index contributed by atoms with van der Waals surface area (Å²) in [5, 5.41) is 4.36. The minimum absolute atomic E-state index is 0.0572. The third kappa shape index (κ3) is 5.88. The predicted octanol–water partition coefficient (Wildman–Crippen LogP) is 15.0. The Labute approximate surface area is 316 Å². The molecule has 0 atom stereocenters. The van der Waals surface area contributed by atoms with Crippen LogP contribution in [0.5, 0.6) is 0 Å². The van der Waals surface area contributed by atoms with Gasteiger partial charge in [-0.25, -0.2) is 0 Å². The average Bonchev–Trinajstić information content (AvgIpc) is 3.73. The molecule has 7 aromatic carbocycles. The maximum atomic E-state index is 6.74. The molecule has 4 nitrogen and oxygen atoms in total. The quantitative estimate of drug-likeness (QED) is 0.172. The monoisotopic (exact) mass is 704 g/mol. The molecule has 0 aliphatic heterocycles. The summed E-state index contributed by atoms with van der Waals surface area (Å²) in [5.41, 5.74) is 12.5. The van der Waals surface area contributed by atoms with Gasteiger partial charge in [-0.1, -0.05) is 108 Å². The summed E-state index contributed by atoms with van der Waals surface area (Å²) in [5.74, 6) is 0. The predicted molar refractivity (Wildman–Crippen MR) is 228 cm³/mol. The van der Waals surface area contributed by atoms with Gasteiger partial charge in [0.05, 0.1) is 11.1 Å². The van der Waals surface area contributed by atoms with E-state index in [4.69, 9.17) is 8.83 Å². The fraction of sp³-hybridized carbons (Fsp3) is 0.160. The SMILES string of the molecule is CC(C)(C)c1ccc(N(c2ccc(C(C)(C)C)cc2)c2cccc3oc4cc(N(c5ccccc5)c5ccc6c(c5)oc5ccccc56)ccc4c23)cc1. The molecule has 2 aromatic heterocycles. The van der Waals surface area contributed by atoms with Crippen molar-refractivity contribution in [1.29, 1.82) is 0 Å². The Hall–Kier alpha value is -6.26. The lowest BCUT2D eigenvalue weighted by atomic mass is 9.86. The second-order valence-corrected chi connectivity index (χ2v) is 16.3. The first-order valence-electron chi connectivity index (χ1n) is 18.8. The standard InChI is InChI=1S/C50H44N2O2/c1-49(2,3)33-19-23-36(24-20-33)52(37-25-21-34(22-26-37)50(4,5)6)43-16-12-18-45-48(43)42-30-28-39(32-47(42)54-45)51(35-13-8-7-9-14-35)38-27-29-41-40-15-10-11-17-44(40)53-46(41)31-38/h7-32H,1-6H3. The largest absolute Gasteiger partial charge is 0.456 e. The number of nitrogens with zero attached hydrogens (tertiary/aromatic N) is 2. The van der Waals surface area contributed by atoms with Crippen LogP contribution >= 0.6 is 0 Å². The number of anilines is 6. The van der Waals surface area contributed by atoms with Crippen LogP contribution in [0, 0.1) is 0 Å². The van der Waals surface area contributed by atoms with Gasteiger partial charge in [0, 0.05) is 56.7 Å². The first-order chi connectivity index (χ1) is 26.0. The van der Waals surface area contributed by atoms with Crippen LogP contribution in [0.15, 0.2) is 167 Å². The van der Waals surface area contributed by atoms with Crippen LogP contribution in [0.1, 0.15) is 52.7 Å². The molecule has 0 amide bonds. The Balaban J connectivity index is 1.20. The van der Waals surface area contributed by atoms with Crippen LogP contribution in [0.3, 0.4) is 0 Å². The summed E-state index contributed by atoms with van der Waals surface area (Å²) in [6.07, 6.45) is 0. The van der Waals surface area contributed by atoms with Gasteiger partial charge >= 0.3 is 0 Å². The highest BCUT2D eigenvalue weighted by molar-refractivity contribution is 6.14. The smallest absolute Gasteiger partial charge is 0.137 e. The van der Waals surface area contributed by atoms with Gasteiger partial charge in [-0.15, -0.1) is 0 Å². The topological polar surface area (TPSA) is 32.8 Å². The fourth-order valence-corrected chi connectivity index (χ4v) is 7.65. The molecule has 0 saturated heterocycles. The van der Waals surface area contributed by atoms with E-state index in [1.54, 1.807) is 0 Å². The van der Waals surface area contributed by atoms with Crippen LogP contribution in [0.2, 0.25) is 0 Å². The van der Waals surface area contributed by atoms with E-state index in [1.807, 2.05) is 18.2 Å². The maximum Gasteiger partial charge on any atom is 0.137 e. The van der Waals surface area contributed by atoms with E-state index in [2.05, 4.69) is 191 Å². The molecule has 0 fully saturated rings. The van der Waals surface area contributed by atoms with Crippen molar-refractivity contribution >= 4 is 78.0 Å². The Morgan fingerprint density at radius 2 is 0.815 bits per heavy atom. The molecular weight excluding hydrogens is 661 g/mol. The van der Waals surface area contributed by atoms with Crippen molar-refractivity contribution in [1.82, 2.24) is 0 Å². The van der Waals surface area contributed by atoms with Crippen molar-refractivity contribution in [3.8, 4) is 0 Å². The highest BCUT2D eigenvalue weighted by Crippen LogP contribution is 2.46. The summed E-state index contributed by atoms with van der Waals surface area (Å²) >= 11 is 0. The van der Waals surface area contributed by atoms with Crippen LogP contribution < -0.4 is 9.80 Å². The molecule has 9 rings (SSSR count). The van der Waals surface area contributed by atoms with Crippen molar-refractivity contribution in [2.24, 2.45) is 0 Å². The molecule has 0 spiro atoms. The van der Waals surface area contributed by atoms with Crippen molar-refractivity contribution in [2.75, 3.05) is 9.80 Å². The van der Waals surface area contributed by atoms with Gasteiger partial charge in [0.2, 0.25) is 0 Å². The molecule has 0 aliphatic carbocycles. The van der Waals surface area contributed by atoms with Gasteiger partial charge in [0.15, 0.2) is 0 Å². The van der Waals surface area contributed by atoms with Crippen molar-refractivity contribution < 1.29 is 8.83 Å². The Kier molecular flexibility index (Phi) is 7.90. The van der Waals surface area contributed by atoms with E-state index in [0.717, 1.165) is 78.0 Å². The van der Waals surface area contributed by atoms with Crippen LogP contribution in [0.4, 0.5) is 34.1 Å². The van der Waals surface area contributed by atoms with Gasteiger partial charge < -0.3 is 18.6 Å². The lowest BCUT2D eigenvalue weighted by Gasteiger charge is -2.28. The molecule has 0 saturated carbocycles. The van der Waals surface area contributed by atoms with Gasteiger partial charge in [0.1, 0.15) is 22.3 Å². The minimum atomic E-state index is 0.0572. The van der Waals surface area contributed by atoms with E-state index >= 15 is 0 Å². The normalized spacial score (nSPS) is 12.3. The number of fused-ring (bicyclic) bond motifs is 6. The molecule has 0 radical (unpaired) electrons. The maximum absolute atomic E-state index is 6.74. The minimum Gasteiger partial charge on any atom is -0.456 e. The number of hydrogen-bond donors (Lipinski definition) is 0. The Bertz CT molecular complexity index is 2720. The van der Waals surface area contributed by atoms with Crippen molar-refractivity contribution in [2.45, 2.75) is 52.4 Å². The number of rotatable bonds is 6.